The van der Waals surface area contributed by atoms with E-state index in [4.69, 9.17) is 9.47 Å². The highest BCUT2D eigenvalue weighted by molar-refractivity contribution is 9.10. The van der Waals surface area contributed by atoms with Crippen LogP contribution in [0.4, 0.5) is 11.4 Å². The van der Waals surface area contributed by atoms with Gasteiger partial charge in [0.05, 0.1) is 25.6 Å². The average molecular weight is 421 g/mol. The number of nitrogens with one attached hydrogen (secondary N) is 2. The third-order valence-electron chi connectivity index (χ3n) is 3.62. The molecule has 0 bridgehead atoms. The van der Waals surface area contributed by atoms with Gasteiger partial charge in [-0.05, 0) is 42.3 Å². The maximum absolute atomic E-state index is 12.3. The highest BCUT2D eigenvalue weighted by Crippen LogP contribution is 2.27. The first-order valence-electron chi connectivity index (χ1n) is 8.00. The second-order valence-corrected chi connectivity index (χ2v) is 6.56. The fraction of sp³-hybridized carbons (Fsp3) is 0.263. The molecule has 0 aliphatic carbocycles. The lowest BCUT2D eigenvalue weighted by atomic mass is 10.1. The Labute approximate surface area is 161 Å². The Morgan fingerprint density at radius 2 is 1.62 bits per heavy atom. The molecule has 2 aromatic rings. The zero-order valence-electron chi connectivity index (χ0n) is 14.9. The number of aryl methyl sites for hydroxylation is 1. The number of carbonyl (C=O) groups excluding carboxylic acids is 2. The van der Waals surface area contributed by atoms with Crippen LogP contribution >= 0.6 is 15.9 Å². The molecule has 0 heterocycles. The Balaban J connectivity index is 2.05. The number of ether oxygens (including phenoxy) is 2. The maximum Gasteiger partial charge on any atom is 0.224 e. The van der Waals surface area contributed by atoms with Crippen molar-refractivity contribution in [3.05, 3.63) is 46.4 Å². The first-order valence-corrected chi connectivity index (χ1v) is 8.79. The van der Waals surface area contributed by atoms with Crippen LogP contribution in [0.25, 0.3) is 0 Å². The quantitative estimate of drug-likeness (QED) is 0.709. The number of hydrogen-bond acceptors (Lipinski definition) is 4. The molecule has 0 fully saturated rings. The van der Waals surface area contributed by atoms with Crippen LogP contribution in [-0.2, 0) is 16.0 Å². The van der Waals surface area contributed by atoms with Crippen LogP contribution in [0.5, 0.6) is 11.5 Å². The number of anilines is 2. The number of hydrogen-bond donors (Lipinski definition) is 2. The maximum atomic E-state index is 12.3. The Morgan fingerprint density at radius 1 is 0.962 bits per heavy atom. The largest absolute Gasteiger partial charge is 0.497 e. The topological polar surface area (TPSA) is 76.7 Å². The summed E-state index contributed by atoms with van der Waals surface area (Å²) >= 11 is 3.37. The number of rotatable bonds is 7. The lowest BCUT2D eigenvalue weighted by Gasteiger charge is -2.12. The fourth-order valence-corrected chi connectivity index (χ4v) is 2.76. The summed E-state index contributed by atoms with van der Waals surface area (Å²) in [5.41, 5.74) is 2.03. The van der Waals surface area contributed by atoms with Crippen molar-refractivity contribution >= 4 is 39.1 Å². The number of halogens is 1. The molecule has 0 spiro atoms. The SMILES string of the molecule is COc1cc(CCC(=O)Nc2cc(Br)ccc2NC(C)=O)cc(OC)c1. The molecule has 0 aliphatic heterocycles. The van der Waals surface area contributed by atoms with Gasteiger partial charge in [0.2, 0.25) is 11.8 Å². The average Bonchev–Trinajstić information content (AvgIpc) is 2.61. The first kappa shape index (κ1) is 19.8. The first-order chi connectivity index (χ1) is 12.4. The molecule has 2 N–H and O–H groups in total. The van der Waals surface area contributed by atoms with E-state index >= 15 is 0 Å². The molecule has 2 amide bonds. The summed E-state index contributed by atoms with van der Waals surface area (Å²) < 4.78 is 11.3. The van der Waals surface area contributed by atoms with E-state index in [0.717, 1.165) is 10.0 Å². The minimum Gasteiger partial charge on any atom is -0.497 e. The molecule has 0 atom stereocenters. The number of carbonyl (C=O) groups is 2. The van der Waals surface area contributed by atoms with Crippen molar-refractivity contribution in [2.75, 3.05) is 24.9 Å². The lowest BCUT2D eigenvalue weighted by molar-refractivity contribution is -0.116. The molecular formula is C19H21BrN2O4. The van der Waals surface area contributed by atoms with E-state index in [1.807, 2.05) is 12.1 Å². The van der Waals surface area contributed by atoms with Gasteiger partial charge in [-0.3, -0.25) is 9.59 Å². The van der Waals surface area contributed by atoms with Gasteiger partial charge in [-0.25, -0.2) is 0 Å². The smallest absolute Gasteiger partial charge is 0.224 e. The third kappa shape index (κ3) is 5.77. The summed E-state index contributed by atoms with van der Waals surface area (Å²) in [7, 11) is 3.17. The zero-order chi connectivity index (χ0) is 19.1. The van der Waals surface area contributed by atoms with Crippen molar-refractivity contribution in [1.29, 1.82) is 0 Å². The summed E-state index contributed by atoms with van der Waals surface area (Å²) in [6.45, 7) is 1.42. The van der Waals surface area contributed by atoms with E-state index in [-0.39, 0.29) is 18.2 Å². The van der Waals surface area contributed by atoms with Crippen molar-refractivity contribution in [3.8, 4) is 11.5 Å². The second-order valence-electron chi connectivity index (χ2n) is 5.64. The van der Waals surface area contributed by atoms with Gasteiger partial charge in [0.25, 0.3) is 0 Å². The van der Waals surface area contributed by atoms with Crippen LogP contribution in [0.2, 0.25) is 0 Å². The van der Waals surface area contributed by atoms with Gasteiger partial charge in [-0.1, -0.05) is 15.9 Å². The summed E-state index contributed by atoms with van der Waals surface area (Å²) in [5.74, 6) is 1.00. The fourth-order valence-electron chi connectivity index (χ4n) is 2.40. The normalized spacial score (nSPS) is 10.2. The van der Waals surface area contributed by atoms with E-state index in [9.17, 15) is 9.59 Å². The van der Waals surface area contributed by atoms with Gasteiger partial charge in [-0.15, -0.1) is 0 Å². The molecule has 0 aliphatic rings. The minimum atomic E-state index is -0.203. The Hall–Kier alpha value is -2.54. The predicted molar refractivity (Wildman–Crippen MR) is 105 cm³/mol. The van der Waals surface area contributed by atoms with E-state index in [1.54, 1.807) is 38.5 Å². The monoisotopic (exact) mass is 420 g/mol. The molecule has 0 radical (unpaired) electrons. The second kappa shape index (κ2) is 9.24. The molecule has 7 heteroatoms. The Morgan fingerprint density at radius 3 is 2.19 bits per heavy atom. The predicted octanol–water partition coefficient (Wildman–Crippen LogP) is 4.00. The molecular weight excluding hydrogens is 400 g/mol. The highest BCUT2D eigenvalue weighted by Gasteiger charge is 2.10. The molecule has 0 unspecified atom stereocenters. The summed E-state index contributed by atoms with van der Waals surface area (Å²) in [6.07, 6.45) is 0.811. The van der Waals surface area contributed by atoms with Crippen molar-refractivity contribution in [2.45, 2.75) is 19.8 Å². The minimum absolute atomic E-state index is 0.156. The summed E-state index contributed by atoms with van der Waals surface area (Å²) in [4.78, 5) is 23.7. The molecule has 0 saturated heterocycles. The highest BCUT2D eigenvalue weighted by atomic mass is 79.9. The molecule has 0 saturated carbocycles. The van der Waals surface area contributed by atoms with E-state index in [0.29, 0.717) is 29.3 Å². The number of methoxy groups -OCH3 is 2. The van der Waals surface area contributed by atoms with Crippen molar-refractivity contribution in [1.82, 2.24) is 0 Å². The zero-order valence-corrected chi connectivity index (χ0v) is 16.5. The van der Waals surface area contributed by atoms with E-state index in [2.05, 4.69) is 26.6 Å². The van der Waals surface area contributed by atoms with E-state index in [1.165, 1.54) is 6.92 Å². The molecule has 6 nitrogen and oxygen atoms in total. The van der Waals surface area contributed by atoms with Gasteiger partial charge < -0.3 is 20.1 Å². The number of amides is 2. The number of benzene rings is 2. The van der Waals surface area contributed by atoms with Crippen molar-refractivity contribution < 1.29 is 19.1 Å². The van der Waals surface area contributed by atoms with Gasteiger partial charge in [0, 0.05) is 23.9 Å². The summed E-state index contributed by atoms with van der Waals surface area (Å²) in [5, 5.41) is 5.54. The van der Waals surface area contributed by atoms with Crippen LogP contribution < -0.4 is 20.1 Å². The molecule has 26 heavy (non-hydrogen) atoms. The van der Waals surface area contributed by atoms with Crippen molar-refractivity contribution in [3.63, 3.8) is 0 Å². The summed E-state index contributed by atoms with van der Waals surface area (Å²) in [6, 6.07) is 10.8. The molecule has 2 aromatic carbocycles. The van der Waals surface area contributed by atoms with Crippen LogP contribution in [0.1, 0.15) is 18.9 Å². The molecule has 138 valence electrons. The third-order valence-corrected chi connectivity index (χ3v) is 4.11. The molecule has 2 rings (SSSR count). The van der Waals surface area contributed by atoms with Gasteiger partial charge in [0.15, 0.2) is 0 Å². The standard InChI is InChI=1S/C19H21BrN2O4/c1-12(23)21-17-6-5-14(20)10-18(17)22-19(24)7-4-13-8-15(25-2)11-16(9-13)26-3/h5-6,8-11H,4,7H2,1-3H3,(H,21,23)(H,22,24). The van der Waals surface area contributed by atoms with Crippen LogP contribution in [-0.4, -0.2) is 26.0 Å². The Bertz CT molecular complexity index is 786. The van der Waals surface area contributed by atoms with Crippen LogP contribution in [0.3, 0.4) is 0 Å². The van der Waals surface area contributed by atoms with Gasteiger partial charge in [-0.2, -0.15) is 0 Å². The van der Waals surface area contributed by atoms with Gasteiger partial charge >= 0.3 is 0 Å². The Kier molecular flexibility index (Phi) is 7.03. The lowest BCUT2D eigenvalue weighted by Crippen LogP contribution is -2.15. The van der Waals surface area contributed by atoms with Crippen LogP contribution in [0, 0.1) is 0 Å². The van der Waals surface area contributed by atoms with E-state index < -0.39 is 0 Å². The van der Waals surface area contributed by atoms with Crippen LogP contribution in [0.15, 0.2) is 40.9 Å². The van der Waals surface area contributed by atoms with Crippen molar-refractivity contribution in [2.24, 2.45) is 0 Å². The molecule has 0 aromatic heterocycles. The van der Waals surface area contributed by atoms with Gasteiger partial charge in [0.1, 0.15) is 11.5 Å².